The topological polar surface area (TPSA) is 41.1 Å². The summed E-state index contributed by atoms with van der Waals surface area (Å²) in [6.07, 6.45) is 12.8. The molecule has 0 spiro atoms. The van der Waals surface area contributed by atoms with Gasteiger partial charge in [-0.2, -0.15) is 0 Å². The van der Waals surface area contributed by atoms with Crippen LogP contribution in [0.1, 0.15) is 73.6 Å². The van der Waals surface area contributed by atoms with Crippen LogP contribution in [0, 0.1) is 23.7 Å². The number of carbonyl (C=O) groups is 1. The van der Waals surface area contributed by atoms with E-state index >= 15 is 0 Å². The number of rotatable bonds is 5. The molecule has 3 aliphatic carbocycles. The highest BCUT2D eigenvalue weighted by Gasteiger charge is 2.42. The van der Waals surface area contributed by atoms with Gasteiger partial charge in [0.05, 0.1) is 0 Å². The van der Waals surface area contributed by atoms with Crippen molar-refractivity contribution in [1.29, 1.82) is 0 Å². The third kappa shape index (κ3) is 5.33. The maximum Gasteiger partial charge on any atom is 0.240 e. The maximum absolute atomic E-state index is 13.2. The van der Waals surface area contributed by atoms with Gasteiger partial charge in [-0.1, -0.05) is 31.1 Å². The molecule has 3 rings (SSSR count). The Balaban J connectivity index is 1.61. The molecule has 3 aliphatic rings. The molecule has 1 amide bonds. The van der Waals surface area contributed by atoms with Gasteiger partial charge in [0.2, 0.25) is 5.91 Å². The zero-order chi connectivity index (χ0) is 20.5. The minimum atomic E-state index is -0.617. The van der Waals surface area contributed by atoms with E-state index in [4.69, 9.17) is 0 Å². The minimum absolute atomic E-state index is 0.121. The third-order valence-electron chi connectivity index (χ3n) is 6.70. The average Bonchev–Trinajstić information content (AvgIpc) is 2.76. The molecule has 0 radical (unpaired) electrons. The number of hydrogen-bond donors (Lipinski definition) is 2. The molecule has 2 fully saturated rings. The molecule has 0 aliphatic heterocycles. The first-order valence-corrected chi connectivity index (χ1v) is 11.8. The van der Waals surface area contributed by atoms with Crippen LogP contribution >= 0.6 is 11.9 Å². The van der Waals surface area contributed by atoms with Crippen LogP contribution in [0.25, 0.3) is 0 Å². The van der Waals surface area contributed by atoms with Crippen molar-refractivity contribution in [3.8, 4) is 0 Å². The van der Waals surface area contributed by atoms with Crippen molar-refractivity contribution in [3.63, 3.8) is 0 Å². The predicted molar refractivity (Wildman–Crippen MR) is 121 cm³/mol. The van der Waals surface area contributed by atoms with Gasteiger partial charge in [-0.05, 0) is 108 Å². The first kappa shape index (κ1) is 21.7. The SMILES string of the molecule is CC1=CCC(C)=CC(SNC(C)(C)C(=O)NC2C(C)CC3CC(C)CC2C3)=C1. The van der Waals surface area contributed by atoms with E-state index in [1.807, 2.05) is 13.8 Å². The van der Waals surface area contributed by atoms with Crippen LogP contribution in [0.3, 0.4) is 0 Å². The Labute approximate surface area is 176 Å². The van der Waals surface area contributed by atoms with Crippen LogP contribution in [-0.4, -0.2) is 17.5 Å². The summed E-state index contributed by atoms with van der Waals surface area (Å²) in [6.45, 7) is 13.0. The lowest BCUT2D eigenvalue weighted by molar-refractivity contribution is -0.128. The van der Waals surface area contributed by atoms with Crippen LogP contribution in [0.5, 0.6) is 0 Å². The van der Waals surface area contributed by atoms with Crippen molar-refractivity contribution in [2.24, 2.45) is 23.7 Å². The predicted octanol–water partition coefficient (Wildman–Crippen LogP) is 5.76. The Hall–Kier alpha value is -1.00. The summed E-state index contributed by atoms with van der Waals surface area (Å²) in [5.41, 5.74) is 2.00. The number of fused-ring (bicyclic) bond motifs is 2. The molecule has 2 bridgehead atoms. The van der Waals surface area contributed by atoms with E-state index in [1.165, 1.54) is 41.7 Å². The molecule has 5 unspecified atom stereocenters. The summed E-state index contributed by atoms with van der Waals surface area (Å²) in [4.78, 5) is 14.3. The lowest BCUT2D eigenvalue weighted by atomic mass is 9.63. The fraction of sp³-hybridized carbons (Fsp3) is 0.708. The van der Waals surface area contributed by atoms with Crippen molar-refractivity contribution in [1.82, 2.24) is 10.0 Å². The van der Waals surface area contributed by atoms with E-state index in [0.29, 0.717) is 17.9 Å². The zero-order valence-electron chi connectivity index (χ0n) is 18.5. The van der Waals surface area contributed by atoms with E-state index in [9.17, 15) is 4.79 Å². The van der Waals surface area contributed by atoms with Crippen LogP contribution in [0.2, 0.25) is 0 Å². The Morgan fingerprint density at radius 1 is 1.11 bits per heavy atom. The molecule has 0 saturated heterocycles. The highest BCUT2D eigenvalue weighted by atomic mass is 32.2. The Morgan fingerprint density at radius 2 is 1.86 bits per heavy atom. The normalized spacial score (nSPS) is 33.4. The number of amides is 1. The zero-order valence-corrected chi connectivity index (χ0v) is 19.3. The van der Waals surface area contributed by atoms with E-state index in [-0.39, 0.29) is 5.91 Å². The first-order chi connectivity index (χ1) is 13.1. The number of carbonyl (C=O) groups excluding carboxylic acids is 1. The molecule has 0 aromatic rings. The van der Waals surface area contributed by atoms with Crippen molar-refractivity contribution in [3.05, 3.63) is 34.3 Å². The largest absolute Gasteiger partial charge is 0.351 e. The minimum Gasteiger partial charge on any atom is -0.351 e. The fourth-order valence-corrected chi connectivity index (χ4v) is 6.23. The van der Waals surface area contributed by atoms with Gasteiger partial charge in [0.25, 0.3) is 0 Å². The Bertz CT molecular complexity index is 687. The van der Waals surface area contributed by atoms with Crippen molar-refractivity contribution in [2.75, 3.05) is 0 Å². The van der Waals surface area contributed by atoms with Gasteiger partial charge in [-0.3, -0.25) is 4.79 Å². The molecule has 5 atom stereocenters. The third-order valence-corrected chi connectivity index (χ3v) is 7.78. The van der Waals surface area contributed by atoms with Gasteiger partial charge < -0.3 is 5.32 Å². The lowest BCUT2D eigenvalue weighted by Gasteiger charge is -2.47. The number of hydrogen-bond acceptors (Lipinski definition) is 3. The average molecular weight is 403 g/mol. The highest BCUT2D eigenvalue weighted by molar-refractivity contribution is 8.01. The van der Waals surface area contributed by atoms with Gasteiger partial charge in [-0.15, -0.1) is 0 Å². The second-order valence-corrected chi connectivity index (χ2v) is 11.0. The monoisotopic (exact) mass is 402 g/mol. The Morgan fingerprint density at radius 3 is 2.61 bits per heavy atom. The molecule has 0 heterocycles. The van der Waals surface area contributed by atoms with Gasteiger partial charge in [0.15, 0.2) is 0 Å². The van der Waals surface area contributed by atoms with E-state index in [1.54, 1.807) is 11.9 Å². The standard InChI is InChI=1S/C24H38N2OS/c1-15-7-8-16(2)12-21(11-15)28-26-24(5,6)23(27)25-22-18(4)13-19-9-17(3)10-20(22)14-19/h7,11-12,17-20,22,26H,8-10,13-14H2,1-6H3,(H,25,27). The molecule has 2 N–H and O–H groups in total. The Kier molecular flexibility index (Phi) is 6.81. The number of nitrogens with one attached hydrogen (secondary N) is 2. The summed E-state index contributed by atoms with van der Waals surface area (Å²) in [5.74, 6) is 3.01. The smallest absolute Gasteiger partial charge is 0.240 e. The molecule has 0 aromatic carbocycles. The first-order valence-electron chi connectivity index (χ1n) is 10.9. The van der Waals surface area contributed by atoms with Crippen LogP contribution in [0.4, 0.5) is 0 Å². The summed E-state index contributed by atoms with van der Waals surface area (Å²) >= 11 is 1.57. The molecule has 4 heteroatoms. The van der Waals surface area contributed by atoms with Crippen molar-refractivity contribution < 1.29 is 4.79 Å². The lowest BCUT2D eigenvalue weighted by Crippen LogP contribution is -2.58. The van der Waals surface area contributed by atoms with Crippen LogP contribution in [0.15, 0.2) is 34.3 Å². The highest BCUT2D eigenvalue weighted by Crippen LogP contribution is 2.45. The number of allylic oxidation sites excluding steroid dienone is 5. The second kappa shape index (κ2) is 8.79. The van der Waals surface area contributed by atoms with Gasteiger partial charge >= 0.3 is 0 Å². The molecular weight excluding hydrogens is 364 g/mol. The van der Waals surface area contributed by atoms with Gasteiger partial charge in [-0.25, -0.2) is 4.72 Å². The fourth-order valence-electron chi connectivity index (χ4n) is 5.26. The van der Waals surface area contributed by atoms with E-state index in [0.717, 1.165) is 18.3 Å². The summed E-state index contributed by atoms with van der Waals surface area (Å²) < 4.78 is 3.43. The second-order valence-electron chi connectivity index (χ2n) is 10.2. The van der Waals surface area contributed by atoms with E-state index in [2.05, 4.69) is 56.0 Å². The molecule has 0 aromatic heterocycles. The molecule has 3 nitrogen and oxygen atoms in total. The van der Waals surface area contributed by atoms with Crippen LogP contribution in [-0.2, 0) is 4.79 Å². The molecular formula is C24H38N2OS. The van der Waals surface area contributed by atoms with Crippen molar-refractivity contribution in [2.45, 2.75) is 85.2 Å². The van der Waals surface area contributed by atoms with Gasteiger partial charge in [0, 0.05) is 10.9 Å². The molecule has 156 valence electrons. The van der Waals surface area contributed by atoms with E-state index < -0.39 is 5.54 Å². The van der Waals surface area contributed by atoms with Gasteiger partial charge in [0.1, 0.15) is 5.54 Å². The summed E-state index contributed by atoms with van der Waals surface area (Å²) in [6, 6.07) is 0.321. The molecule has 28 heavy (non-hydrogen) atoms. The summed E-state index contributed by atoms with van der Waals surface area (Å²) in [5, 5.41) is 3.44. The molecule has 2 saturated carbocycles. The van der Waals surface area contributed by atoms with Crippen LogP contribution < -0.4 is 10.0 Å². The summed E-state index contributed by atoms with van der Waals surface area (Å²) in [7, 11) is 0. The van der Waals surface area contributed by atoms with Crippen molar-refractivity contribution >= 4 is 17.9 Å². The quantitative estimate of drug-likeness (QED) is 0.574. The maximum atomic E-state index is 13.2.